The lowest BCUT2D eigenvalue weighted by atomic mass is 10.2. The third kappa shape index (κ3) is 3.31. The van der Waals surface area contributed by atoms with Crippen LogP contribution in [0.5, 0.6) is 0 Å². The predicted octanol–water partition coefficient (Wildman–Crippen LogP) is 2.46. The highest BCUT2D eigenvalue weighted by molar-refractivity contribution is 14.1. The van der Waals surface area contributed by atoms with Crippen LogP contribution in [0.2, 0.25) is 0 Å². The summed E-state index contributed by atoms with van der Waals surface area (Å²) in [6, 6.07) is 0. The van der Waals surface area contributed by atoms with Crippen LogP contribution in [0.25, 0.3) is 0 Å². The van der Waals surface area contributed by atoms with Crippen LogP contribution in [-0.4, -0.2) is 38.8 Å². The molecule has 1 fully saturated rings. The molecule has 0 saturated carbocycles. The molecule has 1 heterocycles. The van der Waals surface area contributed by atoms with Crippen molar-refractivity contribution in [1.82, 2.24) is 9.80 Å². The average molecular weight is 319 g/mol. The Bertz CT molecular complexity index is 278. The Labute approximate surface area is 106 Å². The molecule has 0 amide bonds. The average Bonchev–Trinajstić information content (AvgIpc) is 2.17. The fraction of sp³-hybridized carbons (Fsp3) is 0.545. The van der Waals surface area contributed by atoms with Crippen molar-refractivity contribution >= 4 is 28.4 Å². The van der Waals surface area contributed by atoms with Crippen molar-refractivity contribution in [2.45, 2.75) is 17.4 Å². The molecule has 0 unspecified atom stereocenters. The summed E-state index contributed by atoms with van der Waals surface area (Å²) in [5, 5.41) is 0. The highest BCUT2D eigenvalue weighted by Gasteiger charge is 2.29. The Kier molecular flexibility index (Phi) is 4.33. The maximum Gasteiger partial charge on any atom is 0.122 e. The highest BCUT2D eigenvalue weighted by Crippen LogP contribution is 2.24. The van der Waals surface area contributed by atoms with Gasteiger partial charge in [-0.15, -0.1) is 0 Å². The molecule has 0 bridgehead atoms. The van der Waals surface area contributed by atoms with E-state index in [2.05, 4.69) is 64.4 Å². The lowest BCUT2D eigenvalue weighted by Crippen LogP contribution is -2.53. The van der Waals surface area contributed by atoms with Crippen molar-refractivity contribution in [3.63, 3.8) is 0 Å². The number of hydrogen-bond acceptors (Lipinski definition) is 2. The van der Waals surface area contributed by atoms with Crippen LogP contribution in [0.4, 0.5) is 0 Å². The molecule has 1 aliphatic heterocycles. The molecule has 4 heteroatoms. The standard InChI is InChI=1S/C11H18IN3/c1-5-13-10-9-15(11(3,4)12)8-7-14(10)6-2/h5-6H,1-2,7-9H2,3-4H3/b13-10-. The maximum absolute atomic E-state index is 4.29. The topological polar surface area (TPSA) is 18.8 Å². The van der Waals surface area contributed by atoms with Crippen molar-refractivity contribution in [3.05, 3.63) is 25.6 Å². The van der Waals surface area contributed by atoms with E-state index in [1.807, 2.05) is 6.20 Å². The minimum absolute atomic E-state index is 0.160. The molecule has 84 valence electrons. The molecule has 3 nitrogen and oxygen atoms in total. The molecule has 0 N–H and O–H groups in total. The van der Waals surface area contributed by atoms with Crippen molar-refractivity contribution in [2.75, 3.05) is 19.6 Å². The van der Waals surface area contributed by atoms with Gasteiger partial charge in [0.25, 0.3) is 0 Å². The molecule has 1 aliphatic rings. The summed E-state index contributed by atoms with van der Waals surface area (Å²) in [4.78, 5) is 8.77. The third-order valence-electron chi connectivity index (χ3n) is 2.49. The number of amidine groups is 1. The van der Waals surface area contributed by atoms with Crippen LogP contribution in [0.3, 0.4) is 0 Å². The fourth-order valence-corrected chi connectivity index (χ4v) is 1.98. The molecule has 15 heavy (non-hydrogen) atoms. The molecule has 0 radical (unpaired) electrons. The van der Waals surface area contributed by atoms with Gasteiger partial charge < -0.3 is 4.90 Å². The number of nitrogens with zero attached hydrogens (tertiary/aromatic N) is 3. The SMILES string of the molecule is C=C/N=C1/CN(C(C)(C)I)CCN1C=C. The van der Waals surface area contributed by atoms with Crippen molar-refractivity contribution in [3.8, 4) is 0 Å². The summed E-state index contributed by atoms with van der Waals surface area (Å²) in [6.07, 6.45) is 3.43. The number of hydrogen-bond donors (Lipinski definition) is 0. The zero-order valence-electron chi connectivity index (χ0n) is 9.41. The first-order valence-electron chi connectivity index (χ1n) is 4.99. The van der Waals surface area contributed by atoms with Crippen LogP contribution in [0.15, 0.2) is 30.6 Å². The first kappa shape index (κ1) is 12.7. The molecule has 1 saturated heterocycles. The molecule has 0 aromatic carbocycles. The summed E-state index contributed by atoms with van der Waals surface area (Å²) < 4.78 is 0.160. The molecule has 0 aliphatic carbocycles. The van der Waals surface area contributed by atoms with Crippen molar-refractivity contribution in [1.29, 1.82) is 0 Å². The third-order valence-corrected chi connectivity index (χ3v) is 3.17. The summed E-state index contributed by atoms with van der Waals surface area (Å²) in [6.45, 7) is 14.7. The second-order valence-electron chi connectivity index (χ2n) is 3.94. The van der Waals surface area contributed by atoms with Gasteiger partial charge in [0.15, 0.2) is 0 Å². The molecule has 0 aromatic rings. The van der Waals surface area contributed by atoms with Crippen LogP contribution in [0, 0.1) is 0 Å². The van der Waals surface area contributed by atoms with Gasteiger partial charge in [0.05, 0.1) is 10.1 Å². The van der Waals surface area contributed by atoms with E-state index >= 15 is 0 Å². The summed E-state index contributed by atoms with van der Waals surface area (Å²) >= 11 is 2.45. The second kappa shape index (κ2) is 5.12. The van der Waals surface area contributed by atoms with Crippen LogP contribution in [-0.2, 0) is 0 Å². The van der Waals surface area contributed by atoms with Gasteiger partial charge in [0.1, 0.15) is 5.84 Å². The van der Waals surface area contributed by atoms with Gasteiger partial charge in [0, 0.05) is 19.3 Å². The van der Waals surface area contributed by atoms with E-state index in [0.29, 0.717) is 0 Å². The summed E-state index contributed by atoms with van der Waals surface area (Å²) in [5.74, 6) is 1.02. The Balaban J connectivity index is 2.79. The lowest BCUT2D eigenvalue weighted by molar-refractivity contribution is 0.200. The van der Waals surface area contributed by atoms with E-state index in [1.165, 1.54) is 0 Å². The smallest absolute Gasteiger partial charge is 0.122 e. The first-order chi connectivity index (χ1) is 6.99. The van der Waals surface area contributed by atoms with Gasteiger partial charge >= 0.3 is 0 Å². The minimum atomic E-state index is 0.160. The van der Waals surface area contributed by atoms with Gasteiger partial charge in [-0.25, -0.2) is 4.99 Å². The molecule has 0 atom stereocenters. The molecular formula is C11H18IN3. The Morgan fingerprint density at radius 2 is 2.07 bits per heavy atom. The van der Waals surface area contributed by atoms with Crippen molar-refractivity contribution in [2.24, 2.45) is 4.99 Å². The van der Waals surface area contributed by atoms with E-state index < -0.39 is 0 Å². The number of rotatable bonds is 3. The molecular weight excluding hydrogens is 301 g/mol. The van der Waals surface area contributed by atoms with E-state index in [0.717, 1.165) is 25.5 Å². The predicted molar refractivity (Wildman–Crippen MR) is 74.2 cm³/mol. The minimum Gasteiger partial charge on any atom is -0.335 e. The number of piperazine rings is 1. The van der Waals surface area contributed by atoms with Gasteiger partial charge in [-0.1, -0.05) is 35.7 Å². The van der Waals surface area contributed by atoms with Crippen LogP contribution < -0.4 is 0 Å². The van der Waals surface area contributed by atoms with E-state index in [4.69, 9.17) is 0 Å². The fourth-order valence-electron chi connectivity index (χ4n) is 1.57. The van der Waals surface area contributed by atoms with Gasteiger partial charge in [-0.2, -0.15) is 0 Å². The molecule has 1 rings (SSSR count). The van der Waals surface area contributed by atoms with Gasteiger partial charge in [0.2, 0.25) is 0 Å². The van der Waals surface area contributed by atoms with Gasteiger partial charge in [-0.05, 0) is 20.0 Å². The van der Waals surface area contributed by atoms with Crippen molar-refractivity contribution < 1.29 is 0 Å². The lowest BCUT2D eigenvalue weighted by Gasteiger charge is -2.41. The quantitative estimate of drug-likeness (QED) is 0.452. The number of halogens is 1. The number of aliphatic imine (C=N–C) groups is 1. The monoisotopic (exact) mass is 319 g/mol. The Morgan fingerprint density at radius 3 is 2.53 bits per heavy atom. The van der Waals surface area contributed by atoms with E-state index in [9.17, 15) is 0 Å². The molecule has 0 spiro atoms. The Morgan fingerprint density at radius 1 is 1.40 bits per heavy atom. The number of alkyl halides is 1. The normalized spacial score (nSPS) is 21.8. The summed E-state index contributed by atoms with van der Waals surface area (Å²) in [7, 11) is 0. The van der Waals surface area contributed by atoms with Crippen LogP contribution in [0.1, 0.15) is 13.8 Å². The zero-order valence-corrected chi connectivity index (χ0v) is 11.6. The summed E-state index contributed by atoms with van der Waals surface area (Å²) in [5.41, 5.74) is 0. The maximum atomic E-state index is 4.29. The zero-order chi connectivity index (χ0) is 11.5. The largest absolute Gasteiger partial charge is 0.335 e. The Hall–Kier alpha value is -0.360. The second-order valence-corrected chi connectivity index (χ2v) is 6.58. The van der Waals surface area contributed by atoms with Gasteiger partial charge in [-0.3, -0.25) is 4.90 Å². The molecule has 0 aromatic heterocycles. The highest BCUT2D eigenvalue weighted by atomic mass is 127. The first-order valence-corrected chi connectivity index (χ1v) is 6.07. The van der Waals surface area contributed by atoms with Crippen LogP contribution >= 0.6 is 22.6 Å². The van der Waals surface area contributed by atoms with E-state index in [1.54, 1.807) is 6.20 Å². The van der Waals surface area contributed by atoms with E-state index in [-0.39, 0.29) is 3.55 Å².